The second-order valence-corrected chi connectivity index (χ2v) is 4.65. The summed E-state index contributed by atoms with van der Waals surface area (Å²) in [6.07, 6.45) is 0. The second-order valence-electron chi connectivity index (χ2n) is 3.80. The molecule has 1 aliphatic carbocycles. The standard InChI is InChI=1S/C13H5Cl2FO/c14-6-4-8-11-7(2-1-3-10(11)16)13(17)12(8)9(15)5-6/h1-5H. The number of benzene rings is 2. The smallest absolute Gasteiger partial charge is 0.195 e. The van der Waals surface area contributed by atoms with Crippen LogP contribution in [-0.4, -0.2) is 5.78 Å². The van der Waals surface area contributed by atoms with Gasteiger partial charge in [0.25, 0.3) is 0 Å². The molecule has 0 fully saturated rings. The lowest BCUT2D eigenvalue weighted by atomic mass is 10.1. The van der Waals surface area contributed by atoms with E-state index in [1.165, 1.54) is 18.2 Å². The Morgan fingerprint density at radius 2 is 1.76 bits per heavy atom. The summed E-state index contributed by atoms with van der Waals surface area (Å²) in [5.74, 6) is -0.691. The van der Waals surface area contributed by atoms with Crippen molar-refractivity contribution in [2.75, 3.05) is 0 Å². The summed E-state index contributed by atoms with van der Waals surface area (Å²) in [5.41, 5.74) is 1.43. The maximum absolute atomic E-state index is 13.8. The maximum Gasteiger partial charge on any atom is 0.195 e. The predicted molar refractivity (Wildman–Crippen MR) is 65.3 cm³/mol. The number of hydrogen-bond donors (Lipinski definition) is 0. The van der Waals surface area contributed by atoms with E-state index in [1.54, 1.807) is 12.1 Å². The highest BCUT2D eigenvalue weighted by molar-refractivity contribution is 6.40. The lowest BCUT2D eigenvalue weighted by Gasteiger charge is -2.03. The first kappa shape index (κ1) is 10.8. The number of carbonyl (C=O) groups excluding carboxylic acids is 1. The molecule has 2 aromatic rings. The Labute approximate surface area is 107 Å². The maximum atomic E-state index is 13.8. The van der Waals surface area contributed by atoms with E-state index in [0.29, 0.717) is 21.7 Å². The number of carbonyl (C=O) groups is 1. The largest absolute Gasteiger partial charge is 0.289 e. The molecule has 0 heterocycles. The van der Waals surface area contributed by atoms with Gasteiger partial charge in [-0.15, -0.1) is 0 Å². The summed E-state index contributed by atoms with van der Waals surface area (Å²) < 4.78 is 13.8. The Balaban J connectivity index is 2.46. The van der Waals surface area contributed by atoms with Crippen molar-refractivity contribution >= 4 is 29.0 Å². The van der Waals surface area contributed by atoms with E-state index in [0.717, 1.165) is 0 Å². The Morgan fingerprint density at radius 1 is 1.00 bits per heavy atom. The average molecular weight is 267 g/mol. The van der Waals surface area contributed by atoms with Crippen LogP contribution in [0.3, 0.4) is 0 Å². The van der Waals surface area contributed by atoms with E-state index >= 15 is 0 Å². The van der Waals surface area contributed by atoms with Crippen molar-refractivity contribution in [1.29, 1.82) is 0 Å². The molecule has 84 valence electrons. The fourth-order valence-corrected chi connectivity index (χ4v) is 2.70. The van der Waals surface area contributed by atoms with Gasteiger partial charge in [0.05, 0.1) is 5.02 Å². The van der Waals surface area contributed by atoms with Crippen molar-refractivity contribution in [1.82, 2.24) is 0 Å². The van der Waals surface area contributed by atoms with Crippen molar-refractivity contribution < 1.29 is 9.18 Å². The van der Waals surface area contributed by atoms with Crippen LogP contribution in [0.25, 0.3) is 11.1 Å². The number of fused-ring (bicyclic) bond motifs is 3. The zero-order valence-electron chi connectivity index (χ0n) is 8.43. The van der Waals surface area contributed by atoms with Gasteiger partial charge in [-0.25, -0.2) is 4.39 Å². The Kier molecular flexibility index (Phi) is 2.25. The first-order valence-corrected chi connectivity index (χ1v) is 5.68. The molecule has 0 unspecified atom stereocenters. The van der Waals surface area contributed by atoms with Gasteiger partial charge >= 0.3 is 0 Å². The van der Waals surface area contributed by atoms with Gasteiger partial charge in [-0.05, 0) is 23.8 Å². The molecule has 17 heavy (non-hydrogen) atoms. The van der Waals surface area contributed by atoms with E-state index in [1.807, 2.05) is 0 Å². The van der Waals surface area contributed by atoms with Gasteiger partial charge in [0.1, 0.15) is 5.82 Å². The number of ketones is 1. The molecule has 2 aromatic carbocycles. The summed E-state index contributed by atoms with van der Waals surface area (Å²) in [5, 5.41) is 0.644. The molecule has 0 N–H and O–H groups in total. The first-order chi connectivity index (χ1) is 8.09. The molecular weight excluding hydrogens is 262 g/mol. The van der Waals surface area contributed by atoms with Crippen LogP contribution in [0, 0.1) is 5.82 Å². The number of hydrogen-bond acceptors (Lipinski definition) is 1. The Hall–Kier alpha value is -1.38. The van der Waals surface area contributed by atoms with Crippen LogP contribution in [-0.2, 0) is 0 Å². The molecule has 1 aliphatic rings. The summed E-state index contributed by atoms with van der Waals surface area (Å²) in [6, 6.07) is 7.47. The molecular formula is C13H5Cl2FO. The minimum Gasteiger partial charge on any atom is -0.289 e. The average Bonchev–Trinajstić information content (AvgIpc) is 2.54. The molecule has 0 saturated heterocycles. The van der Waals surface area contributed by atoms with Crippen molar-refractivity contribution in [3.63, 3.8) is 0 Å². The second kappa shape index (κ2) is 3.56. The Morgan fingerprint density at radius 3 is 2.53 bits per heavy atom. The van der Waals surface area contributed by atoms with Crippen LogP contribution in [0.5, 0.6) is 0 Å². The molecule has 0 bridgehead atoms. The minimum atomic E-state index is -0.437. The van der Waals surface area contributed by atoms with Crippen LogP contribution in [0.15, 0.2) is 30.3 Å². The van der Waals surface area contributed by atoms with Gasteiger partial charge in [0.15, 0.2) is 5.78 Å². The molecule has 0 atom stereocenters. The van der Waals surface area contributed by atoms with E-state index in [2.05, 4.69) is 0 Å². The fourth-order valence-electron chi connectivity index (χ4n) is 2.12. The predicted octanol–water partition coefficient (Wildman–Crippen LogP) is 4.34. The first-order valence-electron chi connectivity index (χ1n) is 4.92. The van der Waals surface area contributed by atoms with Crippen LogP contribution >= 0.6 is 23.2 Å². The SMILES string of the molecule is O=C1c2cccc(F)c2-c2cc(Cl)cc(Cl)c21. The van der Waals surface area contributed by atoms with Crippen molar-refractivity contribution in [3.8, 4) is 11.1 Å². The molecule has 0 saturated carbocycles. The van der Waals surface area contributed by atoms with E-state index < -0.39 is 5.82 Å². The highest BCUT2D eigenvalue weighted by atomic mass is 35.5. The van der Waals surface area contributed by atoms with Gasteiger partial charge in [-0.2, -0.15) is 0 Å². The quantitative estimate of drug-likeness (QED) is 0.592. The third-order valence-corrected chi connectivity index (χ3v) is 3.33. The van der Waals surface area contributed by atoms with Crippen molar-refractivity contribution in [3.05, 3.63) is 57.3 Å². The molecule has 0 aliphatic heterocycles. The lowest BCUT2D eigenvalue weighted by molar-refractivity contribution is 0.104. The van der Waals surface area contributed by atoms with Crippen molar-refractivity contribution in [2.24, 2.45) is 0 Å². The van der Waals surface area contributed by atoms with Gasteiger partial charge in [-0.1, -0.05) is 35.3 Å². The Bertz CT molecular complexity index is 665. The normalized spacial score (nSPS) is 12.5. The fraction of sp³-hybridized carbons (Fsp3) is 0. The highest BCUT2D eigenvalue weighted by Crippen LogP contribution is 2.42. The third kappa shape index (κ3) is 1.41. The molecule has 0 spiro atoms. The summed E-state index contributed by atoms with van der Waals surface area (Å²) in [4.78, 5) is 12.1. The molecule has 0 amide bonds. The molecule has 1 nitrogen and oxygen atoms in total. The lowest BCUT2D eigenvalue weighted by Crippen LogP contribution is -1.96. The van der Waals surface area contributed by atoms with Gasteiger partial charge in [0.2, 0.25) is 0 Å². The monoisotopic (exact) mass is 266 g/mol. The van der Waals surface area contributed by atoms with Crippen LogP contribution in [0.2, 0.25) is 10.0 Å². The zero-order chi connectivity index (χ0) is 12.2. The third-order valence-electron chi connectivity index (χ3n) is 2.81. The summed E-state index contributed by atoms with van der Waals surface area (Å²) in [6.45, 7) is 0. The highest BCUT2D eigenvalue weighted by Gasteiger charge is 2.31. The zero-order valence-corrected chi connectivity index (χ0v) is 9.94. The van der Waals surface area contributed by atoms with Gasteiger partial charge in [-0.3, -0.25) is 4.79 Å². The van der Waals surface area contributed by atoms with E-state index in [4.69, 9.17) is 23.2 Å². The van der Waals surface area contributed by atoms with Crippen LogP contribution < -0.4 is 0 Å². The summed E-state index contributed by atoms with van der Waals surface area (Å²) in [7, 11) is 0. The summed E-state index contributed by atoms with van der Waals surface area (Å²) >= 11 is 11.9. The van der Waals surface area contributed by atoms with Gasteiger partial charge in [0, 0.05) is 21.7 Å². The van der Waals surface area contributed by atoms with Crippen molar-refractivity contribution in [2.45, 2.75) is 0 Å². The molecule has 3 rings (SSSR count). The molecule has 0 aromatic heterocycles. The topological polar surface area (TPSA) is 17.1 Å². The minimum absolute atomic E-state index is 0.254. The van der Waals surface area contributed by atoms with E-state index in [-0.39, 0.29) is 16.4 Å². The number of rotatable bonds is 0. The van der Waals surface area contributed by atoms with Crippen LogP contribution in [0.1, 0.15) is 15.9 Å². The van der Waals surface area contributed by atoms with E-state index in [9.17, 15) is 9.18 Å². The molecule has 0 radical (unpaired) electrons. The van der Waals surface area contributed by atoms with Crippen LogP contribution in [0.4, 0.5) is 4.39 Å². The molecule has 4 heteroatoms. The van der Waals surface area contributed by atoms with Gasteiger partial charge < -0.3 is 0 Å². The number of halogens is 3.